The topological polar surface area (TPSA) is 29.9 Å². The SMILES string of the molecule is Cn1nccc1C/C=C1/CCNC1. The predicted octanol–water partition coefficient (Wildman–Crippen LogP) is 0.882. The number of hydrogen-bond donors (Lipinski definition) is 1. The molecule has 1 fully saturated rings. The third-order valence-corrected chi connectivity index (χ3v) is 2.50. The van der Waals surface area contributed by atoms with Crippen molar-refractivity contribution >= 4 is 0 Å². The van der Waals surface area contributed by atoms with Gasteiger partial charge in [-0.2, -0.15) is 5.10 Å². The van der Waals surface area contributed by atoms with E-state index in [1.54, 1.807) is 0 Å². The third-order valence-electron chi connectivity index (χ3n) is 2.50. The molecule has 0 spiro atoms. The van der Waals surface area contributed by atoms with Crippen LogP contribution in [0.1, 0.15) is 12.1 Å². The average molecular weight is 177 g/mol. The maximum Gasteiger partial charge on any atom is 0.0492 e. The zero-order chi connectivity index (χ0) is 9.10. The van der Waals surface area contributed by atoms with Crippen LogP contribution in [0.2, 0.25) is 0 Å². The molecule has 1 aliphatic heterocycles. The predicted molar refractivity (Wildman–Crippen MR) is 52.5 cm³/mol. The molecule has 0 amide bonds. The highest BCUT2D eigenvalue weighted by Crippen LogP contribution is 2.08. The third kappa shape index (κ3) is 1.98. The summed E-state index contributed by atoms with van der Waals surface area (Å²) in [5, 5.41) is 7.46. The molecule has 0 aromatic carbocycles. The molecule has 1 aliphatic rings. The summed E-state index contributed by atoms with van der Waals surface area (Å²) in [7, 11) is 1.99. The van der Waals surface area contributed by atoms with Crippen LogP contribution in [0, 0.1) is 0 Å². The Morgan fingerprint density at radius 2 is 2.62 bits per heavy atom. The van der Waals surface area contributed by atoms with Gasteiger partial charge in [0.25, 0.3) is 0 Å². The van der Waals surface area contributed by atoms with E-state index in [1.165, 1.54) is 17.7 Å². The van der Waals surface area contributed by atoms with Crippen LogP contribution in [-0.2, 0) is 13.5 Å². The second-order valence-corrected chi connectivity index (χ2v) is 3.44. The standard InChI is InChI=1S/C10H15N3/c1-13-10(5-7-12-13)3-2-9-4-6-11-8-9/h2,5,7,11H,3-4,6,8H2,1H3/b9-2-. The highest BCUT2D eigenvalue weighted by molar-refractivity contribution is 5.14. The minimum atomic E-state index is 1.01. The number of nitrogens with zero attached hydrogens (tertiary/aromatic N) is 2. The Labute approximate surface area is 78.4 Å². The Balaban J connectivity index is 1.99. The van der Waals surface area contributed by atoms with Gasteiger partial charge in [-0.15, -0.1) is 0 Å². The van der Waals surface area contributed by atoms with Gasteiger partial charge in [0.15, 0.2) is 0 Å². The van der Waals surface area contributed by atoms with Gasteiger partial charge < -0.3 is 5.32 Å². The molecule has 3 heteroatoms. The number of nitrogens with one attached hydrogen (secondary N) is 1. The zero-order valence-electron chi connectivity index (χ0n) is 7.95. The molecule has 2 heterocycles. The van der Waals surface area contributed by atoms with Gasteiger partial charge in [0, 0.05) is 31.9 Å². The lowest BCUT2D eigenvalue weighted by Gasteiger charge is -1.98. The highest BCUT2D eigenvalue weighted by atomic mass is 15.2. The van der Waals surface area contributed by atoms with E-state index in [-0.39, 0.29) is 0 Å². The summed E-state index contributed by atoms with van der Waals surface area (Å²) in [4.78, 5) is 0. The van der Waals surface area contributed by atoms with E-state index >= 15 is 0 Å². The number of rotatable bonds is 2. The Kier molecular flexibility index (Phi) is 2.45. The van der Waals surface area contributed by atoms with Crippen molar-refractivity contribution in [1.82, 2.24) is 15.1 Å². The molecule has 3 nitrogen and oxygen atoms in total. The first-order valence-electron chi connectivity index (χ1n) is 4.72. The fourth-order valence-corrected chi connectivity index (χ4v) is 1.61. The lowest BCUT2D eigenvalue weighted by molar-refractivity contribution is 0.726. The molecule has 70 valence electrons. The molecule has 1 aromatic rings. The summed E-state index contributed by atoms with van der Waals surface area (Å²) >= 11 is 0. The second-order valence-electron chi connectivity index (χ2n) is 3.44. The Bertz CT molecular complexity index is 304. The lowest BCUT2D eigenvalue weighted by atomic mass is 10.2. The lowest BCUT2D eigenvalue weighted by Crippen LogP contribution is -2.04. The average Bonchev–Trinajstić information content (AvgIpc) is 2.72. The molecule has 0 saturated carbocycles. The van der Waals surface area contributed by atoms with Crippen LogP contribution in [-0.4, -0.2) is 22.9 Å². The van der Waals surface area contributed by atoms with Crippen LogP contribution in [0.5, 0.6) is 0 Å². The van der Waals surface area contributed by atoms with Crippen LogP contribution < -0.4 is 5.32 Å². The number of aryl methyl sites for hydroxylation is 1. The minimum Gasteiger partial charge on any atom is -0.313 e. The zero-order valence-corrected chi connectivity index (χ0v) is 7.95. The molecular formula is C10H15N3. The number of allylic oxidation sites excluding steroid dienone is 1. The van der Waals surface area contributed by atoms with Gasteiger partial charge in [-0.05, 0) is 19.0 Å². The van der Waals surface area contributed by atoms with Crippen LogP contribution >= 0.6 is 0 Å². The summed E-state index contributed by atoms with van der Waals surface area (Å²) in [6.45, 7) is 2.20. The monoisotopic (exact) mass is 177 g/mol. The Morgan fingerprint density at radius 3 is 3.23 bits per heavy atom. The largest absolute Gasteiger partial charge is 0.313 e. The molecule has 13 heavy (non-hydrogen) atoms. The Hall–Kier alpha value is -1.09. The first kappa shape index (κ1) is 8.51. The number of hydrogen-bond acceptors (Lipinski definition) is 2. The van der Waals surface area contributed by atoms with Gasteiger partial charge in [-0.25, -0.2) is 0 Å². The molecule has 1 N–H and O–H groups in total. The highest BCUT2D eigenvalue weighted by Gasteiger charge is 2.04. The maximum absolute atomic E-state index is 4.13. The summed E-state index contributed by atoms with van der Waals surface area (Å²) in [6.07, 6.45) is 6.38. The van der Waals surface area contributed by atoms with E-state index < -0.39 is 0 Å². The first-order valence-corrected chi connectivity index (χ1v) is 4.72. The molecular weight excluding hydrogens is 162 g/mol. The van der Waals surface area contributed by atoms with Crippen LogP contribution in [0.4, 0.5) is 0 Å². The molecule has 1 aromatic heterocycles. The van der Waals surface area contributed by atoms with E-state index in [4.69, 9.17) is 0 Å². The first-order chi connectivity index (χ1) is 6.36. The van der Waals surface area contributed by atoms with Gasteiger partial charge in [0.2, 0.25) is 0 Å². The second kappa shape index (κ2) is 3.75. The van der Waals surface area contributed by atoms with Gasteiger partial charge >= 0.3 is 0 Å². The van der Waals surface area contributed by atoms with Gasteiger partial charge in [-0.1, -0.05) is 11.6 Å². The van der Waals surface area contributed by atoms with Crippen molar-refractivity contribution in [2.24, 2.45) is 7.05 Å². The Morgan fingerprint density at radius 1 is 1.69 bits per heavy atom. The van der Waals surface area contributed by atoms with E-state index in [9.17, 15) is 0 Å². The molecule has 2 rings (SSSR count). The van der Waals surface area contributed by atoms with E-state index in [0.29, 0.717) is 0 Å². The van der Waals surface area contributed by atoms with Crippen LogP contribution in [0.15, 0.2) is 23.9 Å². The van der Waals surface area contributed by atoms with Crippen molar-refractivity contribution in [2.75, 3.05) is 13.1 Å². The smallest absolute Gasteiger partial charge is 0.0492 e. The fourth-order valence-electron chi connectivity index (χ4n) is 1.61. The summed E-state index contributed by atoms with van der Waals surface area (Å²) in [5.41, 5.74) is 2.81. The normalized spacial score (nSPS) is 19.9. The summed E-state index contributed by atoms with van der Waals surface area (Å²) in [6, 6.07) is 2.07. The van der Waals surface area contributed by atoms with Crippen molar-refractivity contribution in [3.63, 3.8) is 0 Å². The molecule has 0 atom stereocenters. The van der Waals surface area contributed by atoms with Crippen LogP contribution in [0.3, 0.4) is 0 Å². The van der Waals surface area contributed by atoms with Crippen molar-refractivity contribution in [2.45, 2.75) is 12.8 Å². The fraction of sp³-hybridized carbons (Fsp3) is 0.500. The van der Waals surface area contributed by atoms with Gasteiger partial charge in [-0.3, -0.25) is 4.68 Å². The minimum absolute atomic E-state index is 1.01. The molecule has 0 bridgehead atoms. The molecule has 0 aliphatic carbocycles. The maximum atomic E-state index is 4.13. The summed E-state index contributed by atoms with van der Waals surface area (Å²) < 4.78 is 1.93. The number of aromatic nitrogens is 2. The van der Waals surface area contributed by atoms with Crippen LogP contribution in [0.25, 0.3) is 0 Å². The molecule has 0 unspecified atom stereocenters. The van der Waals surface area contributed by atoms with Gasteiger partial charge in [0.05, 0.1) is 0 Å². The van der Waals surface area contributed by atoms with E-state index in [0.717, 1.165) is 19.5 Å². The van der Waals surface area contributed by atoms with Crippen molar-refractivity contribution in [3.05, 3.63) is 29.6 Å². The molecule has 1 saturated heterocycles. The molecule has 0 radical (unpaired) electrons. The summed E-state index contributed by atoms with van der Waals surface area (Å²) in [5.74, 6) is 0. The van der Waals surface area contributed by atoms with E-state index in [1.807, 2.05) is 17.9 Å². The van der Waals surface area contributed by atoms with Crippen molar-refractivity contribution in [1.29, 1.82) is 0 Å². The van der Waals surface area contributed by atoms with E-state index in [2.05, 4.69) is 22.6 Å². The van der Waals surface area contributed by atoms with Gasteiger partial charge in [0.1, 0.15) is 0 Å². The quantitative estimate of drug-likeness (QED) is 0.680. The van der Waals surface area contributed by atoms with Crippen molar-refractivity contribution < 1.29 is 0 Å². The van der Waals surface area contributed by atoms with Crippen molar-refractivity contribution in [3.8, 4) is 0 Å².